The van der Waals surface area contributed by atoms with Gasteiger partial charge in [0.1, 0.15) is 0 Å². The number of pyridine rings is 1. The number of benzene rings is 1. The highest BCUT2D eigenvalue weighted by atomic mass is 127. The maximum Gasteiger partial charge on any atom is 0.258 e. The predicted molar refractivity (Wildman–Crippen MR) is 76.0 cm³/mol. The van der Waals surface area contributed by atoms with Crippen molar-refractivity contribution in [2.24, 2.45) is 0 Å². The van der Waals surface area contributed by atoms with Crippen LogP contribution in [0, 0.1) is 22.3 Å². The van der Waals surface area contributed by atoms with Crippen LogP contribution in [0.1, 0.15) is 15.9 Å². The maximum absolute atomic E-state index is 13.4. The summed E-state index contributed by atoms with van der Waals surface area (Å²) in [6.07, 6.45) is 1.05. The molecule has 0 radical (unpaired) electrons. The average molecular weight is 374 g/mol. The number of anilines is 1. The van der Waals surface area contributed by atoms with Crippen molar-refractivity contribution in [3.8, 4) is 0 Å². The van der Waals surface area contributed by atoms with E-state index >= 15 is 0 Å². The highest BCUT2D eigenvalue weighted by molar-refractivity contribution is 14.1. The molecule has 2 aromatic rings. The molecule has 0 aliphatic rings. The molecule has 0 aliphatic heterocycles. The molecular formula is C13H9F2IN2O. The van der Waals surface area contributed by atoms with Crippen molar-refractivity contribution >= 4 is 34.2 Å². The number of aromatic nitrogens is 1. The van der Waals surface area contributed by atoms with Crippen LogP contribution in [0.3, 0.4) is 0 Å². The number of halogens is 3. The largest absolute Gasteiger partial charge is 0.322 e. The van der Waals surface area contributed by atoms with Gasteiger partial charge in [0.15, 0.2) is 5.82 Å². The molecule has 1 N–H and O–H groups in total. The zero-order chi connectivity index (χ0) is 14.0. The van der Waals surface area contributed by atoms with Gasteiger partial charge >= 0.3 is 0 Å². The lowest BCUT2D eigenvalue weighted by Crippen LogP contribution is -2.15. The summed E-state index contributed by atoms with van der Waals surface area (Å²) in [6, 6.07) is 6.61. The molecule has 0 saturated carbocycles. The standard InChI is InChI=1S/C13H9F2IN2O/c1-7-2-3-8(16)6-10(7)18-13(19)9-4-5-17-12(15)11(9)14/h2-6H,1H3,(H,18,19). The summed E-state index contributed by atoms with van der Waals surface area (Å²) in [7, 11) is 0. The Balaban J connectivity index is 2.31. The minimum absolute atomic E-state index is 0.370. The van der Waals surface area contributed by atoms with Gasteiger partial charge in [0, 0.05) is 15.5 Å². The Morgan fingerprint density at radius 2 is 2.05 bits per heavy atom. The summed E-state index contributed by atoms with van der Waals surface area (Å²) in [6.45, 7) is 1.81. The van der Waals surface area contributed by atoms with Crippen molar-refractivity contribution in [2.75, 3.05) is 5.32 Å². The number of rotatable bonds is 2. The fourth-order valence-electron chi connectivity index (χ4n) is 1.51. The Labute approximate surface area is 122 Å². The number of hydrogen-bond acceptors (Lipinski definition) is 2. The van der Waals surface area contributed by atoms with Crippen LogP contribution in [0.4, 0.5) is 14.5 Å². The molecule has 6 heteroatoms. The zero-order valence-corrected chi connectivity index (χ0v) is 12.0. The normalized spacial score (nSPS) is 10.3. The predicted octanol–water partition coefficient (Wildman–Crippen LogP) is 3.53. The van der Waals surface area contributed by atoms with E-state index in [1.807, 2.05) is 19.1 Å². The molecule has 98 valence electrons. The third-order valence-corrected chi connectivity index (χ3v) is 3.21. The minimum Gasteiger partial charge on any atom is -0.322 e. The van der Waals surface area contributed by atoms with Crippen LogP contribution in [0.25, 0.3) is 0 Å². The fourth-order valence-corrected chi connectivity index (χ4v) is 2.00. The maximum atomic E-state index is 13.4. The van der Waals surface area contributed by atoms with Crippen LogP contribution >= 0.6 is 22.6 Å². The van der Waals surface area contributed by atoms with E-state index in [2.05, 4.69) is 32.9 Å². The molecule has 19 heavy (non-hydrogen) atoms. The number of amides is 1. The molecule has 1 aromatic heterocycles. The molecule has 1 aromatic carbocycles. The molecule has 0 atom stereocenters. The fraction of sp³-hybridized carbons (Fsp3) is 0.0769. The second-order valence-electron chi connectivity index (χ2n) is 3.88. The molecule has 3 nitrogen and oxygen atoms in total. The summed E-state index contributed by atoms with van der Waals surface area (Å²) < 4.78 is 27.3. The first-order valence-corrected chi connectivity index (χ1v) is 6.44. The van der Waals surface area contributed by atoms with Gasteiger partial charge in [-0.2, -0.15) is 4.39 Å². The van der Waals surface area contributed by atoms with Crippen LogP contribution in [-0.2, 0) is 0 Å². The molecule has 0 unspecified atom stereocenters. The SMILES string of the molecule is Cc1ccc(I)cc1NC(=O)c1ccnc(F)c1F. The quantitative estimate of drug-likeness (QED) is 0.646. The number of carbonyl (C=O) groups is 1. The third kappa shape index (κ3) is 3.06. The van der Waals surface area contributed by atoms with Gasteiger partial charge in [-0.05, 0) is 53.3 Å². The van der Waals surface area contributed by atoms with Gasteiger partial charge < -0.3 is 5.32 Å². The molecule has 0 saturated heterocycles. The molecule has 0 fully saturated rings. The van der Waals surface area contributed by atoms with Crippen LogP contribution in [0.2, 0.25) is 0 Å². The van der Waals surface area contributed by atoms with Crippen molar-refractivity contribution in [1.29, 1.82) is 0 Å². The Morgan fingerprint density at radius 3 is 2.79 bits per heavy atom. The van der Waals surface area contributed by atoms with Crippen LogP contribution in [-0.4, -0.2) is 10.9 Å². The number of nitrogens with zero attached hydrogens (tertiary/aromatic N) is 1. The molecule has 2 rings (SSSR count). The van der Waals surface area contributed by atoms with Crippen LogP contribution in [0.5, 0.6) is 0 Å². The molecule has 0 aliphatic carbocycles. The first kappa shape index (κ1) is 13.9. The monoisotopic (exact) mass is 374 g/mol. The summed E-state index contributed by atoms with van der Waals surface area (Å²) in [5.41, 5.74) is 1.03. The lowest BCUT2D eigenvalue weighted by atomic mass is 10.2. The zero-order valence-electron chi connectivity index (χ0n) is 9.88. The van der Waals surface area contributed by atoms with E-state index in [-0.39, 0.29) is 5.56 Å². The molecular weight excluding hydrogens is 365 g/mol. The molecule has 1 heterocycles. The Morgan fingerprint density at radius 1 is 1.32 bits per heavy atom. The summed E-state index contributed by atoms with van der Waals surface area (Å²) in [5.74, 6) is -3.24. The second kappa shape index (κ2) is 5.60. The first-order chi connectivity index (χ1) is 8.99. The van der Waals surface area contributed by atoms with E-state index < -0.39 is 17.7 Å². The third-order valence-electron chi connectivity index (χ3n) is 2.54. The highest BCUT2D eigenvalue weighted by Crippen LogP contribution is 2.19. The van der Waals surface area contributed by atoms with Gasteiger partial charge in [0.05, 0.1) is 5.56 Å². The lowest BCUT2D eigenvalue weighted by molar-refractivity contribution is 0.102. The van der Waals surface area contributed by atoms with E-state index in [0.29, 0.717) is 5.69 Å². The molecule has 1 amide bonds. The van der Waals surface area contributed by atoms with E-state index in [9.17, 15) is 13.6 Å². The topological polar surface area (TPSA) is 42.0 Å². The lowest BCUT2D eigenvalue weighted by Gasteiger charge is -2.09. The van der Waals surface area contributed by atoms with E-state index in [1.165, 1.54) is 0 Å². The van der Waals surface area contributed by atoms with E-state index in [4.69, 9.17) is 0 Å². The number of aryl methyl sites for hydroxylation is 1. The van der Waals surface area contributed by atoms with Gasteiger partial charge in [0.25, 0.3) is 5.91 Å². The minimum atomic E-state index is -1.29. The average Bonchev–Trinajstić information content (AvgIpc) is 2.37. The Bertz CT molecular complexity index is 647. The van der Waals surface area contributed by atoms with Gasteiger partial charge in [0.2, 0.25) is 5.95 Å². The van der Waals surface area contributed by atoms with Crippen molar-refractivity contribution in [2.45, 2.75) is 6.92 Å². The van der Waals surface area contributed by atoms with Gasteiger partial charge in [-0.25, -0.2) is 9.37 Å². The number of hydrogen-bond donors (Lipinski definition) is 1. The van der Waals surface area contributed by atoms with Crippen molar-refractivity contribution in [1.82, 2.24) is 4.98 Å². The Hall–Kier alpha value is -1.57. The summed E-state index contributed by atoms with van der Waals surface area (Å²) >= 11 is 2.10. The number of nitrogens with one attached hydrogen (secondary N) is 1. The van der Waals surface area contributed by atoms with Gasteiger partial charge in [-0.1, -0.05) is 6.07 Å². The van der Waals surface area contributed by atoms with Crippen molar-refractivity contribution in [3.63, 3.8) is 0 Å². The summed E-state index contributed by atoms with van der Waals surface area (Å²) in [5, 5.41) is 2.56. The van der Waals surface area contributed by atoms with Crippen molar-refractivity contribution in [3.05, 3.63) is 56.9 Å². The van der Waals surface area contributed by atoms with Crippen LogP contribution in [0.15, 0.2) is 30.5 Å². The summed E-state index contributed by atoms with van der Waals surface area (Å²) in [4.78, 5) is 15.0. The Kier molecular flexibility index (Phi) is 4.08. The molecule has 0 spiro atoms. The first-order valence-electron chi connectivity index (χ1n) is 5.36. The van der Waals surface area contributed by atoms with Gasteiger partial charge in [-0.15, -0.1) is 0 Å². The molecule has 0 bridgehead atoms. The smallest absolute Gasteiger partial charge is 0.258 e. The second-order valence-corrected chi connectivity index (χ2v) is 5.12. The highest BCUT2D eigenvalue weighted by Gasteiger charge is 2.16. The van der Waals surface area contributed by atoms with Crippen molar-refractivity contribution < 1.29 is 13.6 Å². The number of carbonyl (C=O) groups excluding carboxylic acids is 1. The van der Waals surface area contributed by atoms with E-state index in [0.717, 1.165) is 21.4 Å². The van der Waals surface area contributed by atoms with Gasteiger partial charge in [-0.3, -0.25) is 4.79 Å². The van der Waals surface area contributed by atoms with E-state index in [1.54, 1.807) is 6.07 Å². The van der Waals surface area contributed by atoms with Crippen LogP contribution < -0.4 is 5.32 Å².